The van der Waals surface area contributed by atoms with E-state index in [0.29, 0.717) is 39.1 Å². The SMILES string of the molecule is CC1CN(CC(=O)N2CCc3cc(F)ccc32)CCN1C(=O)OC(C)(C)C. The van der Waals surface area contributed by atoms with E-state index in [1.54, 1.807) is 15.9 Å². The van der Waals surface area contributed by atoms with Gasteiger partial charge in [-0.1, -0.05) is 0 Å². The summed E-state index contributed by atoms with van der Waals surface area (Å²) in [5, 5.41) is 0. The van der Waals surface area contributed by atoms with Gasteiger partial charge in [-0.05, 0) is 57.9 Å². The number of hydrogen-bond donors (Lipinski definition) is 0. The third-order valence-electron chi connectivity index (χ3n) is 4.94. The zero-order valence-corrected chi connectivity index (χ0v) is 16.5. The van der Waals surface area contributed by atoms with Crippen LogP contribution in [0.5, 0.6) is 0 Å². The summed E-state index contributed by atoms with van der Waals surface area (Å²) < 4.78 is 18.8. The number of carbonyl (C=O) groups excluding carboxylic acids is 2. The molecule has 27 heavy (non-hydrogen) atoms. The molecule has 0 radical (unpaired) electrons. The van der Waals surface area contributed by atoms with Crippen molar-refractivity contribution < 1.29 is 18.7 Å². The number of benzene rings is 1. The lowest BCUT2D eigenvalue weighted by Crippen LogP contribution is -2.56. The number of piperazine rings is 1. The highest BCUT2D eigenvalue weighted by Crippen LogP contribution is 2.28. The average molecular weight is 377 g/mol. The smallest absolute Gasteiger partial charge is 0.410 e. The summed E-state index contributed by atoms with van der Waals surface area (Å²) in [6.45, 7) is 10.2. The van der Waals surface area contributed by atoms with Crippen LogP contribution in [0.4, 0.5) is 14.9 Å². The third-order valence-corrected chi connectivity index (χ3v) is 4.94. The Hall–Kier alpha value is -2.15. The molecule has 1 saturated heterocycles. The van der Waals surface area contributed by atoms with Crippen molar-refractivity contribution in [1.82, 2.24) is 9.80 Å². The number of amides is 2. The Morgan fingerprint density at radius 1 is 1.22 bits per heavy atom. The maximum absolute atomic E-state index is 13.4. The molecule has 0 saturated carbocycles. The summed E-state index contributed by atoms with van der Waals surface area (Å²) in [7, 11) is 0. The molecule has 0 N–H and O–H groups in total. The average Bonchev–Trinajstić information content (AvgIpc) is 2.96. The normalized spacial score (nSPS) is 20.6. The molecule has 1 unspecified atom stereocenters. The highest BCUT2D eigenvalue weighted by atomic mass is 19.1. The number of rotatable bonds is 2. The molecule has 0 aromatic heterocycles. The predicted molar refractivity (Wildman–Crippen MR) is 101 cm³/mol. The van der Waals surface area contributed by atoms with Crippen molar-refractivity contribution in [1.29, 1.82) is 0 Å². The van der Waals surface area contributed by atoms with E-state index in [1.165, 1.54) is 12.1 Å². The minimum absolute atomic E-state index is 0.0123. The van der Waals surface area contributed by atoms with Gasteiger partial charge in [0.1, 0.15) is 11.4 Å². The number of hydrogen-bond acceptors (Lipinski definition) is 4. The Kier molecular flexibility index (Phi) is 5.42. The Balaban J connectivity index is 1.56. The first-order valence-electron chi connectivity index (χ1n) is 9.45. The quantitative estimate of drug-likeness (QED) is 0.795. The molecule has 2 heterocycles. The Bertz CT molecular complexity index is 732. The number of anilines is 1. The van der Waals surface area contributed by atoms with Gasteiger partial charge in [-0.3, -0.25) is 9.69 Å². The Labute approximate surface area is 159 Å². The lowest BCUT2D eigenvalue weighted by molar-refractivity contribution is -0.120. The molecule has 7 heteroatoms. The van der Waals surface area contributed by atoms with E-state index in [9.17, 15) is 14.0 Å². The van der Waals surface area contributed by atoms with Crippen LogP contribution in [-0.4, -0.2) is 66.2 Å². The Morgan fingerprint density at radius 2 is 1.96 bits per heavy atom. The van der Waals surface area contributed by atoms with Crippen LogP contribution in [0.2, 0.25) is 0 Å². The van der Waals surface area contributed by atoms with Crippen LogP contribution in [0, 0.1) is 5.82 Å². The minimum atomic E-state index is -0.521. The Morgan fingerprint density at radius 3 is 2.63 bits per heavy atom. The number of nitrogens with zero attached hydrogens (tertiary/aromatic N) is 3. The molecule has 148 valence electrons. The first-order chi connectivity index (χ1) is 12.6. The standard InChI is InChI=1S/C20H28FN3O3/c1-14-12-22(9-10-23(14)19(26)27-20(2,3)4)13-18(25)24-8-7-15-11-16(21)5-6-17(15)24/h5-6,11,14H,7-10,12-13H2,1-4H3. The zero-order chi connectivity index (χ0) is 19.8. The molecule has 2 aliphatic heterocycles. The van der Waals surface area contributed by atoms with Crippen LogP contribution in [-0.2, 0) is 16.0 Å². The largest absolute Gasteiger partial charge is 0.444 e. The summed E-state index contributed by atoms with van der Waals surface area (Å²) in [5.74, 6) is -0.256. The van der Waals surface area contributed by atoms with E-state index in [0.717, 1.165) is 11.3 Å². The number of ether oxygens (including phenoxy) is 1. The van der Waals surface area contributed by atoms with Crippen LogP contribution in [0.15, 0.2) is 18.2 Å². The highest BCUT2D eigenvalue weighted by Gasteiger charge is 2.33. The maximum Gasteiger partial charge on any atom is 0.410 e. The van der Waals surface area contributed by atoms with E-state index in [2.05, 4.69) is 4.90 Å². The summed E-state index contributed by atoms with van der Waals surface area (Å²) >= 11 is 0. The molecule has 0 spiro atoms. The van der Waals surface area contributed by atoms with E-state index in [4.69, 9.17) is 4.74 Å². The lowest BCUT2D eigenvalue weighted by Gasteiger charge is -2.40. The molecule has 1 aromatic carbocycles. The van der Waals surface area contributed by atoms with Crippen LogP contribution >= 0.6 is 0 Å². The summed E-state index contributed by atoms with van der Waals surface area (Å²) in [6.07, 6.45) is 0.373. The number of carbonyl (C=O) groups is 2. The van der Waals surface area contributed by atoms with Gasteiger partial charge < -0.3 is 14.5 Å². The molecule has 0 aliphatic carbocycles. The maximum atomic E-state index is 13.4. The summed E-state index contributed by atoms with van der Waals surface area (Å²) in [4.78, 5) is 30.6. The van der Waals surface area contributed by atoms with E-state index in [1.807, 2.05) is 27.7 Å². The van der Waals surface area contributed by atoms with Crippen molar-refractivity contribution in [2.24, 2.45) is 0 Å². The van der Waals surface area contributed by atoms with Crippen LogP contribution in [0.1, 0.15) is 33.3 Å². The van der Waals surface area contributed by atoms with E-state index < -0.39 is 5.60 Å². The highest BCUT2D eigenvalue weighted by molar-refractivity contribution is 5.96. The molecule has 3 rings (SSSR count). The second-order valence-corrected chi connectivity index (χ2v) is 8.33. The van der Waals surface area contributed by atoms with Gasteiger partial charge in [0.15, 0.2) is 0 Å². The topological polar surface area (TPSA) is 53.1 Å². The molecule has 1 fully saturated rings. The van der Waals surface area contributed by atoms with Crippen LogP contribution < -0.4 is 4.90 Å². The summed E-state index contributed by atoms with van der Waals surface area (Å²) in [5.41, 5.74) is 1.17. The molecular weight excluding hydrogens is 349 g/mol. The van der Waals surface area contributed by atoms with Gasteiger partial charge in [0.05, 0.1) is 6.54 Å². The van der Waals surface area contributed by atoms with E-state index >= 15 is 0 Å². The van der Waals surface area contributed by atoms with Gasteiger partial charge in [-0.15, -0.1) is 0 Å². The third kappa shape index (κ3) is 4.58. The van der Waals surface area contributed by atoms with Gasteiger partial charge >= 0.3 is 6.09 Å². The lowest BCUT2D eigenvalue weighted by atomic mass is 10.1. The fourth-order valence-corrected chi connectivity index (χ4v) is 3.67. The van der Waals surface area contributed by atoms with Gasteiger partial charge in [0, 0.05) is 37.9 Å². The first-order valence-corrected chi connectivity index (χ1v) is 9.45. The van der Waals surface area contributed by atoms with Crippen molar-refractivity contribution >= 4 is 17.7 Å². The molecule has 1 aromatic rings. The van der Waals surface area contributed by atoms with Crippen molar-refractivity contribution in [3.8, 4) is 0 Å². The first kappa shape index (κ1) is 19.6. The van der Waals surface area contributed by atoms with Crippen LogP contribution in [0.3, 0.4) is 0 Å². The summed E-state index contributed by atoms with van der Waals surface area (Å²) in [6, 6.07) is 4.55. The van der Waals surface area contributed by atoms with E-state index in [-0.39, 0.29) is 23.9 Å². The molecule has 6 nitrogen and oxygen atoms in total. The zero-order valence-electron chi connectivity index (χ0n) is 16.5. The van der Waals surface area contributed by atoms with Gasteiger partial charge in [0.25, 0.3) is 0 Å². The molecule has 1 atom stereocenters. The fourth-order valence-electron chi connectivity index (χ4n) is 3.67. The van der Waals surface area contributed by atoms with Crippen molar-refractivity contribution in [2.45, 2.75) is 45.8 Å². The minimum Gasteiger partial charge on any atom is -0.444 e. The van der Waals surface area contributed by atoms with Gasteiger partial charge in [0.2, 0.25) is 5.91 Å². The van der Waals surface area contributed by atoms with Crippen molar-refractivity contribution in [2.75, 3.05) is 37.6 Å². The molecule has 2 aliphatic rings. The van der Waals surface area contributed by atoms with Crippen molar-refractivity contribution in [3.63, 3.8) is 0 Å². The van der Waals surface area contributed by atoms with Crippen LogP contribution in [0.25, 0.3) is 0 Å². The number of halogens is 1. The molecular formula is C20H28FN3O3. The van der Waals surface area contributed by atoms with Crippen molar-refractivity contribution in [3.05, 3.63) is 29.6 Å². The number of fused-ring (bicyclic) bond motifs is 1. The predicted octanol–water partition coefficient (Wildman–Crippen LogP) is 2.66. The monoisotopic (exact) mass is 377 g/mol. The molecule has 0 bridgehead atoms. The molecule has 2 amide bonds. The fraction of sp³-hybridized carbons (Fsp3) is 0.600. The second-order valence-electron chi connectivity index (χ2n) is 8.33. The second kappa shape index (κ2) is 7.46. The van der Waals surface area contributed by atoms with Gasteiger partial charge in [-0.2, -0.15) is 0 Å². The van der Waals surface area contributed by atoms with Gasteiger partial charge in [-0.25, -0.2) is 9.18 Å².